The van der Waals surface area contributed by atoms with Crippen molar-refractivity contribution in [3.63, 3.8) is 0 Å². The van der Waals surface area contributed by atoms with Gasteiger partial charge in [-0.1, -0.05) is 18.2 Å². The van der Waals surface area contributed by atoms with Crippen molar-refractivity contribution in [3.05, 3.63) is 65.2 Å². The van der Waals surface area contributed by atoms with Crippen LogP contribution < -0.4 is 5.73 Å². The Bertz CT molecular complexity index is 703. The van der Waals surface area contributed by atoms with Gasteiger partial charge in [-0.2, -0.15) is 0 Å². The number of benzene rings is 1. The third-order valence-electron chi connectivity index (χ3n) is 3.22. The molecule has 1 aromatic carbocycles. The first kappa shape index (κ1) is 12.2. The molecule has 2 N–H and O–H groups in total. The molecule has 0 amide bonds. The van der Waals surface area contributed by atoms with Gasteiger partial charge in [0, 0.05) is 23.2 Å². The van der Waals surface area contributed by atoms with E-state index in [0.29, 0.717) is 11.6 Å². The summed E-state index contributed by atoms with van der Waals surface area (Å²) < 4.78 is 5.08. The molecule has 0 radical (unpaired) electrons. The van der Waals surface area contributed by atoms with Gasteiger partial charge in [-0.15, -0.1) is 0 Å². The minimum absolute atomic E-state index is 0.183. The van der Waals surface area contributed by atoms with E-state index in [2.05, 4.69) is 11.1 Å². The summed E-state index contributed by atoms with van der Waals surface area (Å²) in [6, 6.07) is 11.7. The molecule has 19 heavy (non-hydrogen) atoms. The molecule has 1 atom stereocenters. The van der Waals surface area contributed by atoms with Crippen molar-refractivity contribution in [1.82, 2.24) is 4.98 Å². The molecule has 3 rings (SSSR count). The van der Waals surface area contributed by atoms with Crippen molar-refractivity contribution in [2.24, 2.45) is 5.73 Å². The van der Waals surface area contributed by atoms with Gasteiger partial charge in [0.15, 0.2) is 5.22 Å². The zero-order valence-electron chi connectivity index (χ0n) is 10.2. The average Bonchev–Trinajstić information content (AvgIpc) is 2.85. The van der Waals surface area contributed by atoms with Crippen LogP contribution in [0.4, 0.5) is 0 Å². The Labute approximate surface area is 116 Å². The van der Waals surface area contributed by atoms with E-state index in [4.69, 9.17) is 21.8 Å². The van der Waals surface area contributed by atoms with Crippen LogP contribution in [0.1, 0.15) is 17.2 Å². The van der Waals surface area contributed by atoms with Crippen molar-refractivity contribution in [1.29, 1.82) is 0 Å². The number of furan rings is 1. The van der Waals surface area contributed by atoms with Gasteiger partial charge in [-0.25, -0.2) is 0 Å². The highest BCUT2D eigenvalue weighted by molar-refractivity contribution is 6.29. The Morgan fingerprint density at radius 3 is 2.84 bits per heavy atom. The van der Waals surface area contributed by atoms with Crippen LogP contribution in [-0.2, 0) is 6.42 Å². The number of aromatic nitrogens is 1. The van der Waals surface area contributed by atoms with Crippen molar-refractivity contribution >= 4 is 22.5 Å². The van der Waals surface area contributed by atoms with Crippen LogP contribution >= 0.6 is 11.6 Å². The van der Waals surface area contributed by atoms with Gasteiger partial charge < -0.3 is 10.2 Å². The topological polar surface area (TPSA) is 52.0 Å². The summed E-state index contributed by atoms with van der Waals surface area (Å²) in [5.74, 6) is 0. The molecule has 2 heterocycles. The van der Waals surface area contributed by atoms with Gasteiger partial charge in [0.2, 0.25) is 0 Å². The number of nitrogens with two attached hydrogens (primary N) is 1. The molecule has 3 nitrogen and oxygen atoms in total. The molecule has 0 aliphatic heterocycles. The van der Waals surface area contributed by atoms with Gasteiger partial charge in [0.1, 0.15) is 0 Å². The van der Waals surface area contributed by atoms with Gasteiger partial charge in [-0.05, 0) is 41.8 Å². The third-order valence-corrected chi connectivity index (χ3v) is 3.53. The maximum atomic E-state index is 6.20. The van der Waals surface area contributed by atoms with E-state index < -0.39 is 0 Å². The molecule has 0 aliphatic carbocycles. The fourth-order valence-corrected chi connectivity index (χ4v) is 2.50. The number of hydrogen-bond acceptors (Lipinski definition) is 3. The number of halogens is 1. The maximum absolute atomic E-state index is 6.20. The van der Waals surface area contributed by atoms with E-state index in [9.17, 15) is 0 Å². The minimum atomic E-state index is -0.183. The number of rotatable bonds is 3. The Hall–Kier alpha value is -1.84. The third kappa shape index (κ3) is 2.35. The molecular weight excluding hydrogens is 260 g/mol. The summed E-state index contributed by atoms with van der Waals surface area (Å²) in [5, 5.41) is 1.49. The molecule has 0 aliphatic rings. The summed E-state index contributed by atoms with van der Waals surface area (Å²) in [4.78, 5) is 4.34. The van der Waals surface area contributed by atoms with E-state index >= 15 is 0 Å². The lowest BCUT2D eigenvalue weighted by Gasteiger charge is -2.12. The largest absolute Gasteiger partial charge is 0.453 e. The predicted molar refractivity (Wildman–Crippen MR) is 76.1 cm³/mol. The van der Waals surface area contributed by atoms with Crippen LogP contribution in [0.25, 0.3) is 10.9 Å². The van der Waals surface area contributed by atoms with E-state index in [1.807, 2.05) is 30.3 Å². The van der Waals surface area contributed by atoms with Crippen LogP contribution in [0.3, 0.4) is 0 Å². The molecule has 2 aromatic heterocycles. The highest BCUT2D eigenvalue weighted by Gasteiger charge is 2.14. The summed E-state index contributed by atoms with van der Waals surface area (Å²) in [6.45, 7) is 0. The molecule has 0 bridgehead atoms. The number of nitrogens with zero attached hydrogens (tertiary/aromatic N) is 1. The molecule has 0 saturated carbocycles. The average molecular weight is 273 g/mol. The lowest BCUT2D eigenvalue weighted by Crippen LogP contribution is -2.13. The second-order valence-electron chi connectivity index (χ2n) is 4.45. The number of fused-ring (bicyclic) bond motifs is 1. The fourth-order valence-electron chi connectivity index (χ4n) is 2.25. The Morgan fingerprint density at radius 1 is 1.21 bits per heavy atom. The Balaban J connectivity index is 1.96. The zero-order valence-corrected chi connectivity index (χ0v) is 11.0. The van der Waals surface area contributed by atoms with Gasteiger partial charge >= 0.3 is 0 Å². The molecule has 0 fully saturated rings. The molecule has 0 saturated heterocycles. The highest BCUT2D eigenvalue weighted by Crippen LogP contribution is 2.27. The minimum Gasteiger partial charge on any atom is -0.453 e. The highest BCUT2D eigenvalue weighted by atomic mass is 35.5. The second-order valence-corrected chi connectivity index (χ2v) is 4.79. The molecule has 1 unspecified atom stereocenters. The number of para-hydroxylation sites is 1. The van der Waals surface area contributed by atoms with E-state index in [0.717, 1.165) is 22.0 Å². The molecular formula is C15H13ClN2O. The first-order chi connectivity index (χ1) is 9.25. The van der Waals surface area contributed by atoms with E-state index in [-0.39, 0.29) is 6.04 Å². The van der Waals surface area contributed by atoms with Crippen LogP contribution in [0.5, 0.6) is 0 Å². The summed E-state index contributed by atoms with van der Waals surface area (Å²) in [7, 11) is 0. The zero-order chi connectivity index (χ0) is 13.2. The quantitative estimate of drug-likeness (QED) is 0.790. The summed E-state index contributed by atoms with van der Waals surface area (Å²) in [6.07, 6.45) is 4.06. The number of pyridine rings is 1. The van der Waals surface area contributed by atoms with Crippen molar-refractivity contribution < 1.29 is 4.42 Å². The maximum Gasteiger partial charge on any atom is 0.197 e. The monoisotopic (exact) mass is 272 g/mol. The van der Waals surface area contributed by atoms with Crippen LogP contribution in [-0.4, -0.2) is 4.98 Å². The van der Waals surface area contributed by atoms with Gasteiger partial charge in [0.25, 0.3) is 0 Å². The second kappa shape index (κ2) is 5.03. The van der Waals surface area contributed by atoms with Crippen LogP contribution in [0, 0.1) is 0 Å². The standard InChI is InChI=1S/C15H13ClN2O/c16-15-12(6-8-19-15)13(17)9-10-5-7-18-14-4-2-1-3-11(10)14/h1-8,13H,9,17H2. The van der Waals surface area contributed by atoms with Gasteiger partial charge in [0.05, 0.1) is 11.8 Å². The normalized spacial score (nSPS) is 12.7. The molecule has 96 valence electrons. The van der Waals surface area contributed by atoms with Crippen molar-refractivity contribution in [2.75, 3.05) is 0 Å². The number of hydrogen-bond donors (Lipinski definition) is 1. The van der Waals surface area contributed by atoms with E-state index in [1.54, 1.807) is 12.5 Å². The van der Waals surface area contributed by atoms with Crippen molar-refractivity contribution in [2.45, 2.75) is 12.5 Å². The SMILES string of the molecule is NC(Cc1ccnc2ccccc12)c1ccoc1Cl. The lowest BCUT2D eigenvalue weighted by atomic mass is 9.99. The Kier molecular flexibility index (Phi) is 3.23. The fraction of sp³-hybridized carbons (Fsp3) is 0.133. The van der Waals surface area contributed by atoms with Crippen LogP contribution in [0.15, 0.2) is 53.3 Å². The summed E-state index contributed by atoms with van der Waals surface area (Å²) >= 11 is 5.96. The smallest absolute Gasteiger partial charge is 0.197 e. The Morgan fingerprint density at radius 2 is 2.05 bits per heavy atom. The first-order valence-electron chi connectivity index (χ1n) is 6.07. The summed E-state index contributed by atoms with van der Waals surface area (Å²) in [5.41, 5.74) is 9.17. The molecule has 0 spiro atoms. The molecule has 4 heteroatoms. The van der Waals surface area contributed by atoms with E-state index in [1.165, 1.54) is 0 Å². The predicted octanol–water partition coefficient (Wildman–Crippen LogP) is 3.72. The molecule has 3 aromatic rings. The lowest BCUT2D eigenvalue weighted by molar-refractivity contribution is 0.560. The van der Waals surface area contributed by atoms with Crippen molar-refractivity contribution in [3.8, 4) is 0 Å². The first-order valence-corrected chi connectivity index (χ1v) is 6.44. The van der Waals surface area contributed by atoms with Gasteiger partial charge in [-0.3, -0.25) is 4.98 Å². The van der Waals surface area contributed by atoms with Crippen LogP contribution in [0.2, 0.25) is 5.22 Å².